The van der Waals surface area contributed by atoms with Crippen LogP contribution in [-0.4, -0.2) is 46.8 Å². The molecule has 132 valence electrons. The molecule has 0 spiro atoms. The third-order valence-electron chi connectivity index (χ3n) is 3.53. The molecule has 3 N–H and O–H groups in total. The molecule has 23 heavy (non-hydrogen) atoms. The lowest BCUT2D eigenvalue weighted by molar-refractivity contribution is 0.477. The summed E-state index contributed by atoms with van der Waals surface area (Å²) in [7, 11) is -7.43. The van der Waals surface area contributed by atoms with Crippen LogP contribution in [0.1, 0.15) is 19.8 Å². The van der Waals surface area contributed by atoms with Crippen molar-refractivity contribution in [2.24, 2.45) is 5.73 Å². The predicted octanol–water partition coefficient (Wildman–Crippen LogP) is 0.518. The molecule has 0 saturated carbocycles. The summed E-state index contributed by atoms with van der Waals surface area (Å²) in [5.74, 6) is 0. The summed E-state index contributed by atoms with van der Waals surface area (Å²) in [6.45, 7) is 2.75. The standard InChI is InChI=1S/C13H21N3O4S2.ClH/c1-11(10-14)15-21(17,18)12-5-4-6-13(9-12)22(19,20)16-7-2-3-8-16;/h4-6,9,11,15H,2-3,7-8,10,14H2,1H3;1H/t11-;/m0./s1. The van der Waals surface area contributed by atoms with Crippen LogP contribution in [0.5, 0.6) is 0 Å². The molecule has 1 heterocycles. The van der Waals surface area contributed by atoms with Crippen molar-refractivity contribution in [1.82, 2.24) is 9.03 Å². The fraction of sp³-hybridized carbons (Fsp3) is 0.538. The van der Waals surface area contributed by atoms with Crippen molar-refractivity contribution in [2.75, 3.05) is 19.6 Å². The number of nitrogens with two attached hydrogens (primary N) is 1. The first-order chi connectivity index (χ1) is 10.3. The zero-order valence-electron chi connectivity index (χ0n) is 12.8. The van der Waals surface area contributed by atoms with Crippen LogP contribution < -0.4 is 10.5 Å². The van der Waals surface area contributed by atoms with Crippen LogP contribution in [-0.2, 0) is 20.0 Å². The maximum atomic E-state index is 12.5. The van der Waals surface area contributed by atoms with Crippen LogP contribution in [0, 0.1) is 0 Å². The van der Waals surface area contributed by atoms with Crippen molar-refractivity contribution in [3.63, 3.8) is 0 Å². The normalized spacial score (nSPS) is 17.7. The molecule has 1 saturated heterocycles. The second kappa shape index (κ2) is 7.91. The number of nitrogens with zero attached hydrogens (tertiary/aromatic N) is 1. The van der Waals surface area contributed by atoms with E-state index in [9.17, 15) is 16.8 Å². The number of hydrogen-bond acceptors (Lipinski definition) is 5. The molecule has 0 aliphatic carbocycles. The summed E-state index contributed by atoms with van der Waals surface area (Å²) >= 11 is 0. The zero-order chi connectivity index (χ0) is 16.4. The predicted molar refractivity (Wildman–Crippen MR) is 90.5 cm³/mol. The van der Waals surface area contributed by atoms with Crippen LogP contribution in [0.15, 0.2) is 34.1 Å². The Labute approximate surface area is 143 Å². The van der Waals surface area contributed by atoms with Gasteiger partial charge in [0.15, 0.2) is 0 Å². The Hall–Kier alpha value is -0.710. The summed E-state index contributed by atoms with van der Waals surface area (Å²) in [5.41, 5.74) is 5.41. The van der Waals surface area contributed by atoms with Gasteiger partial charge in [0.25, 0.3) is 0 Å². The third kappa shape index (κ3) is 4.65. The van der Waals surface area contributed by atoms with Gasteiger partial charge in [-0.15, -0.1) is 12.4 Å². The molecule has 10 heteroatoms. The lowest BCUT2D eigenvalue weighted by Gasteiger charge is -2.17. The van der Waals surface area contributed by atoms with Crippen molar-refractivity contribution in [3.8, 4) is 0 Å². The van der Waals surface area contributed by atoms with Gasteiger partial charge >= 0.3 is 0 Å². The van der Waals surface area contributed by atoms with Crippen LogP contribution in [0.4, 0.5) is 0 Å². The zero-order valence-corrected chi connectivity index (χ0v) is 15.3. The largest absolute Gasteiger partial charge is 0.329 e. The summed E-state index contributed by atoms with van der Waals surface area (Å²) in [4.78, 5) is -0.0780. The lowest BCUT2D eigenvalue weighted by atomic mass is 10.4. The molecule has 1 aromatic rings. The average Bonchev–Trinajstić information content (AvgIpc) is 3.02. The monoisotopic (exact) mass is 383 g/mol. The molecule has 1 aliphatic rings. The summed E-state index contributed by atoms with van der Waals surface area (Å²) < 4.78 is 53.2. The van der Waals surface area contributed by atoms with Gasteiger partial charge in [0.05, 0.1) is 9.79 Å². The molecular formula is C13H22ClN3O4S2. The number of rotatable bonds is 6. The van der Waals surface area contributed by atoms with Crippen LogP contribution in [0.3, 0.4) is 0 Å². The second-order valence-corrected chi connectivity index (χ2v) is 9.00. The minimum atomic E-state index is -3.79. The van der Waals surface area contributed by atoms with Crippen molar-refractivity contribution in [3.05, 3.63) is 24.3 Å². The molecule has 7 nitrogen and oxygen atoms in total. The number of benzene rings is 1. The molecule has 0 unspecified atom stereocenters. The second-order valence-electron chi connectivity index (χ2n) is 5.34. The Morgan fingerprint density at radius 1 is 1.17 bits per heavy atom. The molecule has 0 aromatic heterocycles. The Morgan fingerprint density at radius 3 is 2.30 bits per heavy atom. The molecule has 1 fully saturated rings. The quantitative estimate of drug-likeness (QED) is 0.744. The Kier molecular flexibility index (Phi) is 6.99. The molecule has 1 aliphatic heterocycles. The van der Waals surface area contributed by atoms with E-state index in [1.165, 1.54) is 28.6 Å². The molecule has 2 rings (SSSR count). The topological polar surface area (TPSA) is 110 Å². The number of halogens is 1. The SMILES string of the molecule is C[C@@H](CN)NS(=O)(=O)c1cccc(S(=O)(=O)N2CCCC2)c1.Cl. The third-order valence-corrected chi connectivity index (χ3v) is 7.01. The van der Waals surface area contributed by atoms with Crippen LogP contribution in [0.25, 0.3) is 0 Å². The van der Waals surface area contributed by atoms with Crippen molar-refractivity contribution >= 4 is 32.5 Å². The van der Waals surface area contributed by atoms with Crippen molar-refractivity contribution < 1.29 is 16.8 Å². The van der Waals surface area contributed by atoms with E-state index in [1.54, 1.807) is 6.92 Å². The van der Waals surface area contributed by atoms with E-state index in [0.29, 0.717) is 13.1 Å². The Balaban J connectivity index is 0.00000264. The summed E-state index contributed by atoms with van der Waals surface area (Å²) in [6, 6.07) is 4.99. The highest BCUT2D eigenvalue weighted by atomic mass is 35.5. The van der Waals surface area contributed by atoms with Crippen molar-refractivity contribution in [1.29, 1.82) is 0 Å². The van der Waals surface area contributed by atoms with E-state index < -0.39 is 26.1 Å². The highest BCUT2D eigenvalue weighted by Gasteiger charge is 2.28. The fourth-order valence-corrected chi connectivity index (χ4v) is 5.20. The molecular weight excluding hydrogens is 362 g/mol. The average molecular weight is 384 g/mol. The van der Waals surface area contributed by atoms with Gasteiger partial charge in [0.1, 0.15) is 0 Å². The Bertz CT molecular complexity index is 731. The molecule has 1 atom stereocenters. The number of hydrogen-bond donors (Lipinski definition) is 2. The van der Waals surface area contributed by atoms with E-state index in [2.05, 4.69) is 4.72 Å². The van der Waals surface area contributed by atoms with E-state index in [-0.39, 0.29) is 28.7 Å². The Morgan fingerprint density at radius 2 is 1.74 bits per heavy atom. The van der Waals surface area contributed by atoms with Gasteiger partial charge in [-0.25, -0.2) is 21.6 Å². The lowest BCUT2D eigenvalue weighted by Crippen LogP contribution is -2.37. The van der Waals surface area contributed by atoms with Gasteiger partial charge in [-0.3, -0.25) is 0 Å². The molecule has 0 radical (unpaired) electrons. The number of nitrogens with one attached hydrogen (secondary N) is 1. The first kappa shape index (κ1) is 20.3. The molecule has 0 amide bonds. The van der Waals surface area contributed by atoms with Gasteiger partial charge in [-0.05, 0) is 38.0 Å². The smallest absolute Gasteiger partial charge is 0.243 e. The fourth-order valence-electron chi connectivity index (χ4n) is 2.26. The van der Waals surface area contributed by atoms with Crippen LogP contribution in [0.2, 0.25) is 0 Å². The summed E-state index contributed by atoms with van der Waals surface area (Å²) in [6.07, 6.45) is 1.65. The van der Waals surface area contributed by atoms with E-state index >= 15 is 0 Å². The van der Waals surface area contributed by atoms with Gasteiger partial charge < -0.3 is 5.73 Å². The highest BCUT2D eigenvalue weighted by molar-refractivity contribution is 7.90. The first-order valence-electron chi connectivity index (χ1n) is 7.10. The van der Waals surface area contributed by atoms with E-state index in [0.717, 1.165) is 12.8 Å². The first-order valence-corrected chi connectivity index (χ1v) is 10.0. The maximum absolute atomic E-state index is 12.5. The van der Waals surface area contributed by atoms with E-state index in [4.69, 9.17) is 5.73 Å². The molecule has 0 bridgehead atoms. The highest BCUT2D eigenvalue weighted by Crippen LogP contribution is 2.23. The minimum Gasteiger partial charge on any atom is -0.329 e. The van der Waals surface area contributed by atoms with Crippen LogP contribution >= 0.6 is 12.4 Å². The van der Waals surface area contributed by atoms with Gasteiger partial charge in [0, 0.05) is 25.7 Å². The van der Waals surface area contributed by atoms with E-state index in [1.807, 2.05) is 0 Å². The minimum absolute atomic E-state index is 0. The van der Waals surface area contributed by atoms with Gasteiger partial charge in [-0.2, -0.15) is 4.31 Å². The summed E-state index contributed by atoms with van der Waals surface area (Å²) in [5, 5.41) is 0. The van der Waals surface area contributed by atoms with Gasteiger partial charge in [-0.1, -0.05) is 6.07 Å². The maximum Gasteiger partial charge on any atom is 0.243 e. The van der Waals surface area contributed by atoms with Gasteiger partial charge in [0.2, 0.25) is 20.0 Å². The number of sulfonamides is 2. The molecule has 1 aromatic carbocycles. The van der Waals surface area contributed by atoms with Crippen molar-refractivity contribution in [2.45, 2.75) is 35.6 Å².